The number of carbonyl (C=O) groups excluding carboxylic acids is 1. The lowest BCUT2D eigenvalue weighted by atomic mass is 10.2. The molecule has 1 aliphatic rings. The maximum atomic E-state index is 12.4. The van der Waals surface area contributed by atoms with Gasteiger partial charge in [0, 0.05) is 24.8 Å². The number of likely N-dealkylation sites (N-methyl/N-ethyl adjacent to an activating group) is 1. The van der Waals surface area contributed by atoms with Gasteiger partial charge in [-0.15, -0.1) is 0 Å². The van der Waals surface area contributed by atoms with Crippen LogP contribution >= 0.6 is 11.6 Å². The third kappa shape index (κ3) is 3.87. The van der Waals surface area contributed by atoms with Crippen LogP contribution in [0.25, 0.3) is 0 Å². The van der Waals surface area contributed by atoms with Crippen molar-refractivity contribution >= 4 is 28.9 Å². The quantitative estimate of drug-likeness (QED) is 0.834. The van der Waals surface area contributed by atoms with Gasteiger partial charge in [-0.3, -0.25) is 9.69 Å². The minimum atomic E-state index is -0.177. The lowest BCUT2D eigenvalue weighted by Crippen LogP contribution is -2.42. The fourth-order valence-corrected chi connectivity index (χ4v) is 2.81. The number of nitrogens with one attached hydrogen (secondary N) is 1. The van der Waals surface area contributed by atoms with Crippen molar-refractivity contribution in [3.8, 4) is 0 Å². The van der Waals surface area contributed by atoms with E-state index in [-0.39, 0.29) is 11.9 Å². The van der Waals surface area contributed by atoms with E-state index in [2.05, 4.69) is 29.2 Å². The molecule has 1 aromatic carbocycles. The predicted octanol–water partition coefficient (Wildman–Crippen LogP) is 1.89. The summed E-state index contributed by atoms with van der Waals surface area (Å²) in [4.78, 5) is 16.8. The molecule has 1 aliphatic heterocycles. The fourth-order valence-electron chi connectivity index (χ4n) is 2.58. The molecule has 1 fully saturated rings. The van der Waals surface area contributed by atoms with Gasteiger partial charge >= 0.3 is 0 Å². The van der Waals surface area contributed by atoms with Crippen molar-refractivity contribution in [2.75, 3.05) is 38.2 Å². The molecule has 21 heavy (non-hydrogen) atoms. The summed E-state index contributed by atoms with van der Waals surface area (Å²) in [6.45, 7) is 3.78. The second-order valence-corrected chi connectivity index (χ2v) is 6.21. The molecule has 2 unspecified atom stereocenters. The van der Waals surface area contributed by atoms with Crippen molar-refractivity contribution in [2.24, 2.45) is 0 Å². The first kappa shape index (κ1) is 16.1. The largest absolute Gasteiger partial charge is 0.399 e. The normalized spacial score (nSPS) is 20.7. The molecule has 2 rings (SSSR count). The molecular weight excluding hydrogens is 288 g/mol. The summed E-state index contributed by atoms with van der Waals surface area (Å²) < 4.78 is 0. The van der Waals surface area contributed by atoms with Crippen molar-refractivity contribution in [1.29, 1.82) is 0 Å². The maximum absolute atomic E-state index is 12.4. The van der Waals surface area contributed by atoms with Crippen molar-refractivity contribution in [3.05, 3.63) is 23.2 Å². The average Bonchev–Trinajstić information content (AvgIpc) is 2.90. The smallest absolute Gasteiger partial charge is 0.241 e. The lowest BCUT2D eigenvalue weighted by molar-refractivity contribution is -0.120. The lowest BCUT2D eigenvalue weighted by Gasteiger charge is -2.25. The molecule has 0 spiro atoms. The number of hydrogen-bond donors (Lipinski definition) is 2. The Kier molecular flexibility index (Phi) is 5.08. The number of hydrogen-bond acceptors (Lipinski definition) is 4. The highest BCUT2D eigenvalue weighted by molar-refractivity contribution is 6.34. The molecule has 1 heterocycles. The van der Waals surface area contributed by atoms with Crippen LogP contribution in [0.4, 0.5) is 11.4 Å². The summed E-state index contributed by atoms with van der Waals surface area (Å²) in [6.07, 6.45) is 1.09. The Morgan fingerprint density at radius 2 is 2.24 bits per heavy atom. The second-order valence-electron chi connectivity index (χ2n) is 5.81. The molecule has 2 atom stereocenters. The molecular formula is C15H23ClN4O. The van der Waals surface area contributed by atoms with Crippen LogP contribution in [0.1, 0.15) is 13.3 Å². The zero-order valence-corrected chi connectivity index (χ0v) is 13.5. The summed E-state index contributed by atoms with van der Waals surface area (Å²) in [5, 5.41) is 3.34. The summed E-state index contributed by atoms with van der Waals surface area (Å²) in [7, 11) is 4.15. The van der Waals surface area contributed by atoms with Gasteiger partial charge in [0.1, 0.15) is 0 Å². The van der Waals surface area contributed by atoms with Crippen molar-refractivity contribution < 1.29 is 4.79 Å². The number of carbonyl (C=O) groups is 1. The first-order chi connectivity index (χ1) is 9.88. The van der Waals surface area contributed by atoms with E-state index in [0.717, 1.165) is 19.5 Å². The third-order valence-electron chi connectivity index (χ3n) is 4.10. The molecule has 5 nitrogen and oxygen atoms in total. The minimum absolute atomic E-state index is 0.0407. The van der Waals surface area contributed by atoms with E-state index in [1.807, 2.05) is 6.92 Å². The molecule has 3 N–H and O–H groups in total. The van der Waals surface area contributed by atoms with Crippen LogP contribution in [0.3, 0.4) is 0 Å². The van der Waals surface area contributed by atoms with Gasteiger partial charge in [-0.2, -0.15) is 0 Å². The SMILES string of the molecule is CC(C(=O)Nc1ccc(N)cc1Cl)N1CCC(N(C)C)C1. The fraction of sp³-hybridized carbons (Fsp3) is 0.533. The van der Waals surface area contributed by atoms with Gasteiger partial charge < -0.3 is 16.0 Å². The number of amides is 1. The van der Waals surface area contributed by atoms with Crippen molar-refractivity contribution in [1.82, 2.24) is 9.80 Å². The molecule has 0 saturated carbocycles. The zero-order valence-electron chi connectivity index (χ0n) is 12.8. The summed E-state index contributed by atoms with van der Waals surface area (Å²) in [5.41, 5.74) is 6.84. The van der Waals surface area contributed by atoms with E-state index < -0.39 is 0 Å². The van der Waals surface area contributed by atoms with E-state index in [9.17, 15) is 4.79 Å². The molecule has 6 heteroatoms. The van der Waals surface area contributed by atoms with Crippen LogP contribution in [-0.2, 0) is 4.79 Å². The van der Waals surface area contributed by atoms with Gasteiger partial charge in [-0.25, -0.2) is 0 Å². The van der Waals surface area contributed by atoms with E-state index in [1.165, 1.54) is 0 Å². The van der Waals surface area contributed by atoms with Crippen LogP contribution in [0, 0.1) is 0 Å². The van der Waals surface area contributed by atoms with Gasteiger partial charge in [0.15, 0.2) is 0 Å². The summed E-state index contributed by atoms with van der Waals surface area (Å²) >= 11 is 6.09. The minimum Gasteiger partial charge on any atom is -0.399 e. The highest BCUT2D eigenvalue weighted by Crippen LogP contribution is 2.25. The Bertz CT molecular complexity index is 520. The zero-order chi connectivity index (χ0) is 15.6. The Balaban J connectivity index is 1.97. The second kappa shape index (κ2) is 6.64. The van der Waals surface area contributed by atoms with Crippen molar-refractivity contribution in [3.63, 3.8) is 0 Å². The predicted molar refractivity (Wildman–Crippen MR) is 87.6 cm³/mol. The monoisotopic (exact) mass is 310 g/mol. The molecule has 0 bridgehead atoms. The molecule has 0 aromatic heterocycles. The standard InChI is InChI=1S/C15H23ClN4O/c1-10(20-7-6-12(9-20)19(2)3)15(21)18-14-5-4-11(17)8-13(14)16/h4-5,8,10,12H,6-7,9,17H2,1-3H3,(H,18,21). The van der Waals surface area contributed by atoms with Gasteiger partial charge in [-0.05, 0) is 45.6 Å². The van der Waals surface area contributed by atoms with Crippen molar-refractivity contribution in [2.45, 2.75) is 25.4 Å². The Hall–Kier alpha value is -1.30. The molecule has 1 saturated heterocycles. The highest BCUT2D eigenvalue weighted by atomic mass is 35.5. The number of anilines is 2. The molecule has 1 amide bonds. The first-order valence-corrected chi connectivity index (χ1v) is 7.52. The van der Waals surface area contributed by atoms with Crippen LogP contribution in [0.5, 0.6) is 0 Å². The first-order valence-electron chi connectivity index (χ1n) is 7.15. The maximum Gasteiger partial charge on any atom is 0.241 e. The third-order valence-corrected chi connectivity index (χ3v) is 4.42. The summed E-state index contributed by atoms with van der Waals surface area (Å²) in [6, 6.07) is 5.43. The molecule has 1 aromatic rings. The number of benzene rings is 1. The molecule has 116 valence electrons. The molecule has 0 aliphatic carbocycles. The average molecular weight is 311 g/mol. The van der Waals surface area contributed by atoms with Gasteiger partial charge in [0.2, 0.25) is 5.91 Å². The van der Waals surface area contributed by atoms with E-state index in [4.69, 9.17) is 17.3 Å². The van der Waals surface area contributed by atoms with Gasteiger partial charge in [0.05, 0.1) is 16.8 Å². The summed E-state index contributed by atoms with van der Waals surface area (Å²) in [5.74, 6) is -0.0407. The van der Waals surface area contributed by atoms with Crippen LogP contribution in [0.2, 0.25) is 5.02 Å². The van der Waals surface area contributed by atoms with E-state index in [0.29, 0.717) is 22.4 Å². The molecule has 0 radical (unpaired) electrons. The number of rotatable bonds is 4. The highest BCUT2D eigenvalue weighted by Gasteiger charge is 2.30. The van der Waals surface area contributed by atoms with Crippen LogP contribution in [-0.4, -0.2) is 55.0 Å². The Morgan fingerprint density at radius 1 is 1.52 bits per heavy atom. The number of nitrogens with two attached hydrogens (primary N) is 1. The topological polar surface area (TPSA) is 61.6 Å². The van der Waals surface area contributed by atoms with Crippen LogP contribution in [0.15, 0.2) is 18.2 Å². The number of nitrogen functional groups attached to an aromatic ring is 1. The van der Waals surface area contributed by atoms with Gasteiger partial charge in [-0.1, -0.05) is 11.6 Å². The number of halogens is 1. The number of likely N-dealkylation sites (tertiary alicyclic amines) is 1. The van der Waals surface area contributed by atoms with E-state index >= 15 is 0 Å². The van der Waals surface area contributed by atoms with Crippen LogP contribution < -0.4 is 11.1 Å². The van der Waals surface area contributed by atoms with Gasteiger partial charge in [0.25, 0.3) is 0 Å². The van der Waals surface area contributed by atoms with E-state index in [1.54, 1.807) is 18.2 Å². The number of nitrogens with zero attached hydrogens (tertiary/aromatic N) is 2. The Morgan fingerprint density at radius 3 is 2.81 bits per heavy atom. The Labute approximate surface area is 131 Å².